The molecule has 0 aliphatic carbocycles. The predicted molar refractivity (Wildman–Crippen MR) is 95.3 cm³/mol. The second kappa shape index (κ2) is 6.84. The normalized spacial score (nSPS) is 23.5. The Labute approximate surface area is 147 Å². The molecule has 2 saturated heterocycles. The van der Waals surface area contributed by atoms with Crippen molar-refractivity contribution in [1.29, 1.82) is 0 Å². The van der Waals surface area contributed by atoms with Crippen molar-refractivity contribution in [3.05, 3.63) is 42.1 Å². The van der Waals surface area contributed by atoms with Crippen LogP contribution in [-0.2, 0) is 6.54 Å². The Bertz CT molecular complexity index is 730. The van der Waals surface area contributed by atoms with Gasteiger partial charge in [-0.15, -0.1) is 5.10 Å². The lowest BCUT2D eigenvalue weighted by molar-refractivity contribution is 0.0861. The number of fused-ring (bicyclic) bond motifs is 1. The first-order valence-corrected chi connectivity index (χ1v) is 8.95. The maximum absolute atomic E-state index is 12.7. The SMILES string of the molecule is C[C@H]1CN2CCC[C@@H]2CN1C(=O)Nc1cn(Cc2ccccc2)nn1. The summed E-state index contributed by atoms with van der Waals surface area (Å²) in [6.07, 6.45) is 4.20. The third-order valence-corrected chi connectivity index (χ3v) is 5.16. The van der Waals surface area contributed by atoms with Gasteiger partial charge >= 0.3 is 6.03 Å². The molecule has 2 atom stereocenters. The molecule has 1 aromatic carbocycles. The Morgan fingerprint density at radius 1 is 1.28 bits per heavy atom. The molecule has 0 bridgehead atoms. The highest BCUT2D eigenvalue weighted by Crippen LogP contribution is 2.24. The number of hydrogen-bond acceptors (Lipinski definition) is 4. The zero-order chi connectivity index (χ0) is 17.2. The lowest BCUT2D eigenvalue weighted by Crippen LogP contribution is -2.57. The van der Waals surface area contributed by atoms with E-state index in [9.17, 15) is 4.79 Å². The Kier molecular flexibility index (Phi) is 4.40. The van der Waals surface area contributed by atoms with Gasteiger partial charge in [0.15, 0.2) is 5.82 Å². The molecule has 2 aromatic rings. The minimum Gasteiger partial charge on any atom is -0.319 e. The summed E-state index contributed by atoms with van der Waals surface area (Å²) < 4.78 is 1.74. The van der Waals surface area contributed by atoms with Crippen molar-refractivity contribution < 1.29 is 4.79 Å². The highest BCUT2D eigenvalue weighted by molar-refractivity contribution is 5.88. The number of amides is 2. The number of hydrogen-bond donors (Lipinski definition) is 1. The van der Waals surface area contributed by atoms with Gasteiger partial charge in [0.2, 0.25) is 0 Å². The van der Waals surface area contributed by atoms with E-state index in [0.29, 0.717) is 18.4 Å². The number of carbonyl (C=O) groups excluding carboxylic acids is 1. The summed E-state index contributed by atoms with van der Waals surface area (Å²) in [6.45, 7) is 5.67. The highest BCUT2D eigenvalue weighted by atomic mass is 16.2. The van der Waals surface area contributed by atoms with Gasteiger partial charge in [0, 0.05) is 25.2 Å². The van der Waals surface area contributed by atoms with Crippen LogP contribution in [0, 0.1) is 0 Å². The van der Waals surface area contributed by atoms with Gasteiger partial charge in [-0.3, -0.25) is 10.2 Å². The number of benzene rings is 1. The van der Waals surface area contributed by atoms with Gasteiger partial charge in [-0.1, -0.05) is 35.5 Å². The first-order chi connectivity index (χ1) is 12.2. The van der Waals surface area contributed by atoms with Crippen molar-refractivity contribution in [2.24, 2.45) is 0 Å². The van der Waals surface area contributed by atoms with Gasteiger partial charge in [-0.25, -0.2) is 9.48 Å². The molecule has 2 aliphatic heterocycles. The largest absolute Gasteiger partial charge is 0.323 e. The number of rotatable bonds is 3. The van der Waals surface area contributed by atoms with Gasteiger partial charge in [-0.05, 0) is 31.9 Å². The molecule has 0 unspecified atom stereocenters. The molecular formula is C18H24N6O. The molecule has 2 amide bonds. The summed E-state index contributed by atoms with van der Waals surface area (Å²) in [5.41, 5.74) is 1.15. The molecule has 2 aliphatic rings. The Morgan fingerprint density at radius 3 is 2.96 bits per heavy atom. The zero-order valence-corrected chi connectivity index (χ0v) is 14.5. The number of piperazine rings is 1. The second-order valence-electron chi connectivity index (χ2n) is 7.01. The molecule has 7 heteroatoms. The van der Waals surface area contributed by atoms with Crippen LogP contribution < -0.4 is 5.32 Å². The highest BCUT2D eigenvalue weighted by Gasteiger charge is 2.36. The van der Waals surface area contributed by atoms with Crippen molar-refractivity contribution in [1.82, 2.24) is 24.8 Å². The van der Waals surface area contributed by atoms with E-state index in [1.165, 1.54) is 12.8 Å². The smallest absolute Gasteiger partial charge is 0.319 e. The standard InChI is InChI=1S/C18H24N6O/c1-14-10-22-9-5-8-16(22)12-24(14)18(25)19-17-13-23(21-20-17)11-15-6-3-2-4-7-15/h2-4,6-7,13-14,16H,5,8-12H2,1H3,(H,19,25)/t14-,16+/m0/s1. The molecule has 3 heterocycles. The fourth-order valence-electron chi connectivity index (χ4n) is 3.86. The average molecular weight is 340 g/mol. The van der Waals surface area contributed by atoms with E-state index in [1.807, 2.05) is 35.2 Å². The predicted octanol–water partition coefficient (Wildman–Crippen LogP) is 2.03. The Morgan fingerprint density at radius 2 is 2.12 bits per heavy atom. The average Bonchev–Trinajstić information content (AvgIpc) is 3.24. The van der Waals surface area contributed by atoms with Gasteiger partial charge < -0.3 is 4.90 Å². The molecule has 4 rings (SSSR count). The second-order valence-corrected chi connectivity index (χ2v) is 7.01. The summed E-state index contributed by atoms with van der Waals surface area (Å²) in [5, 5.41) is 11.1. The van der Waals surface area contributed by atoms with E-state index < -0.39 is 0 Å². The van der Waals surface area contributed by atoms with Crippen LogP contribution >= 0.6 is 0 Å². The molecule has 25 heavy (non-hydrogen) atoms. The third kappa shape index (κ3) is 3.51. The van der Waals surface area contributed by atoms with Crippen LogP contribution in [0.1, 0.15) is 25.3 Å². The number of urea groups is 1. The topological polar surface area (TPSA) is 66.3 Å². The van der Waals surface area contributed by atoms with Crippen LogP contribution in [0.4, 0.5) is 10.6 Å². The third-order valence-electron chi connectivity index (χ3n) is 5.16. The minimum absolute atomic E-state index is 0.0780. The minimum atomic E-state index is -0.0780. The van der Waals surface area contributed by atoms with E-state index in [0.717, 1.165) is 25.2 Å². The van der Waals surface area contributed by atoms with Crippen LogP contribution in [0.25, 0.3) is 0 Å². The zero-order valence-electron chi connectivity index (χ0n) is 14.5. The van der Waals surface area contributed by atoms with Gasteiger partial charge in [0.1, 0.15) is 0 Å². The monoisotopic (exact) mass is 340 g/mol. The molecule has 1 aromatic heterocycles. The van der Waals surface area contributed by atoms with Gasteiger partial charge in [0.05, 0.1) is 12.7 Å². The maximum Gasteiger partial charge on any atom is 0.323 e. The Balaban J connectivity index is 1.38. The van der Waals surface area contributed by atoms with Crippen molar-refractivity contribution in [2.75, 3.05) is 25.0 Å². The molecule has 0 radical (unpaired) electrons. The van der Waals surface area contributed by atoms with Crippen LogP contribution in [0.15, 0.2) is 36.5 Å². The summed E-state index contributed by atoms with van der Waals surface area (Å²) >= 11 is 0. The van der Waals surface area contributed by atoms with E-state index in [4.69, 9.17) is 0 Å². The van der Waals surface area contributed by atoms with Gasteiger partial charge in [-0.2, -0.15) is 0 Å². The lowest BCUT2D eigenvalue weighted by atomic mass is 10.1. The first-order valence-electron chi connectivity index (χ1n) is 8.95. The molecule has 1 N–H and O–H groups in total. The van der Waals surface area contributed by atoms with Crippen molar-refractivity contribution >= 4 is 11.8 Å². The van der Waals surface area contributed by atoms with Crippen LogP contribution in [-0.4, -0.2) is 62.5 Å². The number of aromatic nitrogens is 3. The fourth-order valence-corrected chi connectivity index (χ4v) is 3.86. The van der Waals surface area contributed by atoms with E-state index in [2.05, 4.69) is 27.5 Å². The number of nitrogens with zero attached hydrogens (tertiary/aromatic N) is 5. The summed E-state index contributed by atoms with van der Waals surface area (Å²) in [5.74, 6) is 0.502. The Hall–Kier alpha value is -2.41. The maximum atomic E-state index is 12.7. The molecular weight excluding hydrogens is 316 g/mol. The molecule has 7 nitrogen and oxygen atoms in total. The van der Waals surface area contributed by atoms with Gasteiger partial charge in [0.25, 0.3) is 0 Å². The summed E-state index contributed by atoms with van der Waals surface area (Å²) in [6, 6.07) is 10.7. The number of nitrogens with one attached hydrogen (secondary N) is 1. The molecule has 0 saturated carbocycles. The molecule has 132 valence electrons. The van der Waals surface area contributed by atoms with E-state index in [1.54, 1.807) is 10.9 Å². The fraction of sp³-hybridized carbons (Fsp3) is 0.500. The van der Waals surface area contributed by atoms with Crippen molar-refractivity contribution in [2.45, 2.75) is 38.4 Å². The molecule has 2 fully saturated rings. The summed E-state index contributed by atoms with van der Waals surface area (Å²) in [7, 11) is 0. The molecule has 0 spiro atoms. The van der Waals surface area contributed by atoms with Crippen molar-refractivity contribution in [3.63, 3.8) is 0 Å². The van der Waals surface area contributed by atoms with E-state index in [-0.39, 0.29) is 12.1 Å². The number of anilines is 1. The van der Waals surface area contributed by atoms with Crippen molar-refractivity contribution in [3.8, 4) is 0 Å². The van der Waals surface area contributed by atoms with Crippen LogP contribution in [0.3, 0.4) is 0 Å². The first kappa shape index (κ1) is 16.1. The summed E-state index contributed by atoms with van der Waals surface area (Å²) in [4.78, 5) is 17.1. The van der Waals surface area contributed by atoms with Crippen LogP contribution in [0.2, 0.25) is 0 Å². The van der Waals surface area contributed by atoms with E-state index >= 15 is 0 Å². The lowest BCUT2D eigenvalue weighted by Gasteiger charge is -2.42. The number of carbonyl (C=O) groups is 1. The van der Waals surface area contributed by atoms with Crippen LogP contribution in [0.5, 0.6) is 0 Å². The quantitative estimate of drug-likeness (QED) is 0.928.